The van der Waals surface area contributed by atoms with Crippen LogP contribution in [0.5, 0.6) is 5.75 Å². The van der Waals surface area contributed by atoms with Crippen LogP contribution in [0.1, 0.15) is 11.1 Å². The quantitative estimate of drug-likeness (QED) is 0.454. The molecule has 0 aliphatic heterocycles. The van der Waals surface area contributed by atoms with Crippen LogP contribution in [0.25, 0.3) is 11.3 Å². The fraction of sp³-hybridized carbons (Fsp3) is 0.125. The first-order valence-corrected chi connectivity index (χ1v) is 11.3. The van der Waals surface area contributed by atoms with E-state index in [0.29, 0.717) is 12.3 Å². The maximum absolute atomic E-state index is 12.8. The third-order valence-corrected chi connectivity index (χ3v) is 6.31. The predicted molar refractivity (Wildman–Crippen MR) is 120 cm³/mol. The van der Waals surface area contributed by atoms with E-state index in [4.69, 9.17) is 9.84 Å². The second-order valence-corrected chi connectivity index (χ2v) is 8.82. The van der Waals surface area contributed by atoms with E-state index >= 15 is 0 Å². The van der Waals surface area contributed by atoms with Gasteiger partial charge in [-0.2, -0.15) is 5.10 Å². The number of nitrogens with one attached hydrogen (secondary N) is 1. The number of benzene rings is 3. The second-order valence-electron chi connectivity index (χ2n) is 7.05. The van der Waals surface area contributed by atoms with Gasteiger partial charge in [0, 0.05) is 23.9 Å². The molecule has 1 aromatic heterocycles. The molecule has 0 aliphatic carbocycles. The highest BCUT2D eigenvalue weighted by molar-refractivity contribution is 7.89. The molecule has 0 bridgehead atoms. The van der Waals surface area contributed by atoms with E-state index in [-0.39, 0.29) is 11.4 Å². The molecule has 4 rings (SSSR count). The Morgan fingerprint density at radius 2 is 1.55 bits per heavy atom. The number of nitrogens with zero attached hydrogens (tertiary/aromatic N) is 2. The van der Waals surface area contributed by atoms with Crippen LogP contribution in [-0.4, -0.2) is 25.3 Å². The van der Waals surface area contributed by atoms with Gasteiger partial charge in [0.2, 0.25) is 10.0 Å². The number of methoxy groups -OCH3 is 1. The molecule has 3 aromatic carbocycles. The second kappa shape index (κ2) is 9.16. The fourth-order valence-corrected chi connectivity index (χ4v) is 4.30. The van der Waals surface area contributed by atoms with Crippen molar-refractivity contribution in [1.82, 2.24) is 14.5 Å². The van der Waals surface area contributed by atoms with Crippen LogP contribution in [0.3, 0.4) is 0 Å². The number of hydrogen-bond donors (Lipinski definition) is 1. The maximum atomic E-state index is 12.8. The lowest BCUT2D eigenvalue weighted by atomic mass is 10.1. The summed E-state index contributed by atoms with van der Waals surface area (Å²) in [4.78, 5) is 0.186. The van der Waals surface area contributed by atoms with E-state index in [1.54, 1.807) is 19.2 Å². The van der Waals surface area contributed by atoms with Crippen LogP contribution < -0.4 is 9.46 Å². The Hall–Kier alpha value is -3.42. The van der Waals surface area contributed by atoms with Gasteiger partial charge in [0.25, 0.3) is 0 Å². The van der Waals surface area contributed by atoms with Gasteiger partial charge in [-0.25, -0.2) is 13.1 Å². The average molecular weight is 434 g/mol. The first kappa shape index (κ1) is 20.8. The SMILES string of the molecule is COc1ccc(S(=O)(=O)NCc2cn(Cc3ccccc3)nc2-c2ccccc2)cc1. The third-order valence-electron chi connectivity index (χ3n) is 4.89. The molecular formula is C24H23N3O3S. The lowest BCUT2D eigenvalue weighted by Crippen LogP contribution is -2.23. The van der Waals surface area contributed by atoms with E-state index in [1.807, 2.05) is 71.5 Å². The van der Waals surface area contributed by atoms with Crippen LogP contribution in [-0.2, 0) is 23.1 Å². The summed E-state index contributed by atoms with van der Waals surface area (Å²) >= 11 is 0. The van der Waals surface area contributed by atoms with Crippen LogP contribution in [0.2, 0.25) is 0 Å². The van der Waals surface area contributed by atoms with Crippen molar-refractivity contribution in [3.8, 4) is 17.0 Å². The first-order valence-electron chi connectivity index (χ1n) is 9.84. The largest absolute Gasteiger partial charge is 0.497 e. The van der Waals surface area contributed by atoms with E-state index in [9.17, 15) is 8.42 Å². The molecule has 0 saturated heterocycles. The highest BCUT2D eigenvalue weighted by atomic mass is 32.2. The van der Waals surface area contributed by atoms with Crippen molar-refractivity contribution in [3.63, 3.8) is 0 Å². The van der Waals surface area contributed by atoms with E-state index in [1.165, 1.54) is 12.1 Å². The summed E-state index contributed by atoms with van der Waals surface area (Å²) < 4.78 is 35.2. The van der Waals surface area contributed by atoms with E-state index < -0.39 is 10.0 Å². The van der Waals surface area contributed by atoms with Crippen molar-refractivity contribution in [3.05, 3.63) is 102 Å². The zero-order valence-corrected chi connectivity index (χ0v) is 17.9. The molecule has 31 heavy (non-hydrogen) atoms. The summed E-state index contributed by atoms with van der Waals surface area (Å²) in [6, 6.07) is 26.1. The van der Waals surface area contributed by atoms with Crippen molar-refractivity contribution in [2.45, 2.75) is 18.0 Å². The van der Waals surface area contributed by atoms with Gasteiger partial charge < -0.3 is 4.74 Å². The normalized spacial score (nSPS) is 11.4. The number of sulfonamides is 1. The maximum Gasteiger partial charge on any atom is 0.240 e. The molecule has 6 nitrogen and oxygen atoms in total. The van der Waals surface area contributed by atoms with Gasteiger partial charge in [-0.3, -0.25) is 4.68 Å². The minimum atomic E-state index is -3.67. The molecule has 0 saturated carbocycles. The molecule has 1 N–H and O–H groups in total. The van der Waals surface area contributed by atoms with E-state index in [2.05, 4.69) is 4.72 Å². The number of hydrogen-bond acceptors (Lipinski definition) is 4. The summed E-state index contributed by atoms with van der Waals surface area (Å²) in [5, 5.41) is 4.74. The van der Waals surface area contributed by atoms with Crippen molar-refractivity contribution >= 4 is 10.0 Å². The van der Waals surface area contributed by atoms with Gasteiger partial charge in [-0.15, -0.1) is 0 Å². The molecule has 0 amide bonds. The van der Waals surface area contributed by atoms with E-state index in [0.717, 1.165) is 22.4 Å². The Morgan fingerprint density at radius 3 is 2.19 bits per heavy atom. The highest BCUT2D eigenvalue weighted by Crippen LogP contribution is 2.23. The third kappa shape index (κ3) is 5.02. The smallest absolute Gasteiger partial charge is 0.240 e. The Bertz CT molecular complexity index is 1240. The summed E-state index contributed by atoms with van der Waals surface area (Å²) in [5.74, 6) is 0.604. The summed E-state index contributed by atoms with van der Waals surface area (Å²) in [5.41, 5.74) is 3.62. The molecule has 7 heteroatoms. The van der Waals surface area contributed by atoms with Gasteiger partial charge in [-0.1, -0.05) is 60.7 Å². The Balaban J connectivity index is 1.60. The molecule has 0 aliphatic rings. The number of ether oxygens (including phenoxy) is 1. The summed E-state index contributed by atoms with van der Waals surface area (Å²) in [7, 11) is -2.13. The molecule has 0 atom stereocenters. The topological polar surface area (TPSA) is 73.2 Å². The number of aromatic nitrogens is 2. The van der Waals surface area contributed by atoms with Gasteiger partial charge in [0.05, 0.1) is 24.2 Å². The molecule has 4 aromatic rings. The Morgan fingerprint density at radius 1 is 0.903 bits per heavy atom. The van der Waals surface area contributed by atoms with Crippen molar-refractivity contribution in [1.29, 1.82) is 0 Å². The van der Waals surface area contributed by atoms with Crippen LogP contribution >= 0.6 is 0 Å². The lowest BCUT2D eigenvalue weighted by molar-refractivity contribution is 0.414. The molecule has 0 fully saturated rings. The summed E-state index contributed by atoms with van der Waals surface area (Å²) in [6.07, 6.45) is 1.89. The van der Waals surface area contributed by atoms with Crippen molar-refractivity contribution < 1.29 is 13.2 Å². The minimum Gasteiger partial charge on any atom is -0.497 e. The predicted octanol–water partition coefficient (Wildman–Crippen LogP) is 4.09. The summed E-state index contributed by atoms with van der Waals surface area (Å²) in [6.45, 7) is 0.735. The van der Waals surface area contributed by atoms with Gasteiger partial charge in [0.15, 0.2) is 0 Å². The fourth-order valence-electron chi connectivity index (χ4n) is 3.29. The molecule has 0 unspecified atom stereocenters. The molecule has 0 spiro atoms. The van der Waals surface area contributed by atoms with Gasteiger partial charge in [-0.05, 0) is 29.8 Å². The number of rotatable bonds is 8. The van der Waals surface area contributed by atoms with Gasteiger partial charge >= 0.3 is 0 Å². The standard InChI is InChI=1S/C24H23N3O3S/c1-30-22-12-14-23(15-13-22)31(28,29)25-16-21-18-27(17-19-8-4-2-5-9-19)26-24(21)20-10-6-3-7-11-20/h2-15,18,25H,16-17H2,1H3. The van der Waals surface area contributed by atoms with Crippen LogP contribution in [0, 0.1) is 0 Å². The molecule has 1 heterocycles. The molecule has 0 radical (unpaired) electrons. The van der Waals surface area contributed by atoms with Crippen molar-refractivity contribution in [2.24, 2.45) is 0 Å². The Labute approximate surface area is 182 Å². The molecular weight excluding hydrogens is 410 g/mol. The average Bonchev–Trinajstić information content (AvgIpc) is 3.22. The zero-order valence-electron chi connectivity index (χ0n) is 17.1. The zero-order chi connectivity index (χ0) is 21.7. The minimum absolute atomic E-state index is 0.132. The van der Waals surface area contributed by atoms with Crippen LogP contribution in [0.15, 0.2) is 96.0 Å². The van der Waals surface area contributed by atoms with Gasteiger partial charge in [0.1, 0.15) is 5.75 Å². The molecule has 158 valence electrons. The Kier molecular flexibility index (Phi) is 6.16. The highest BCUT2D eigenvalue weighted by Gasteiger charge is 2.17. The van der Waals surface area contributed by atoms with Crippen molar-refractivity contribution in [2.75, 3.05) is 7.11 Å². The lowest BCUT2D eigenvalue weighted by Gasteiger charge is -2.08. The van der Waals surface area contributed by atoms with Crippen LogP contribution in [0.4, 0.5) is 0 Å². The first-order chi connectivity index (χ1) is 15.0. The monoisotopic (exact) mass is 433 g/mol.